The van der Waals surface area contributed by atoms with Crippen LogP contribution in [0, 0.1) is 5.92 Å². The van der Waals surface area contributed by atoms with E-state index < -0.39 is 60.1 Å². The number of hydrogen-bond acceptors (Lipinski definition) is 9. The smallest absolute Gasteiger partial charge is 0.249 e. The molecule has 0 saturated heterocycles. The van der Waals surface area contributed by atoms with Crippen LogP contribution in [-0.2, 0) is 30.4 Å². The van der Waals surface area contributed by atoms with Gasteiger partial charge < -0.3 is 41.7 Å². The highest BCUT2D eigenvalue weighted by Crippen LogP contribution is 2.21. The van der Waals surface area contributed by atoms with E-state index in [-0.39, 0.29) is 31.7 Å². The molecule has 0 heterocycles. The molecule has 42 heavy (non-hydrogen) atoms. The van der Waals surface area contributed by atoms with Crippen molar-refractivity contribution in [2.45, 2.75) is 96.3 Å². The van der Waals surface area contributed by atoms with Crippen LogP contribution >= 0.6 is 0 Å². The summed E-state index contributed by atoms with van der Waals surface area (Å²) in [7, 11) is 0. The van der Waals surface area contributed by atoms with Gasteiger partial charge in [0.15, 0.2) is 5.78 Å². The van der Waals surface area contributed by atoms with Gasteiger partial charge in [0, 0.05) is 45.1 Å². The first-order valence-corrected chi connectivity index (χ1v) is 14.3. The Balaban J connectivity index is 2.66. The van der Waals surface area contributed by atoms with Crippen molar-refractivity contribution in [1.82, 2.24) is 21.3 Å². The predicted molar refractivity (Wildman–Crippen MR) is 153 cm³/mol. The molecule has 0 bridgehead atoms. The van der Waals surface area contributed by atoms with Crippen LogP contribution in [0.25, 0.3) is 0 Å². The fraction of sp³-hybridized carbons (Fsp3) is 0.621. The molecule has 8 N–H and O–H groups in total. The van der Waals surface area contributed by atoms with E-state index in [0.29, 0.717) is 6.42 Å². The Morgan fingerprint density at radius 1 is 0.857 bits per heavy atom. The predicted octanol–water partition coefficient (Wildman–Crippen LogP) is -0.252. The van der Waals surface area contributed by atoms with Gasteiger partial charge in [-0.2, -0.15) is 0 Å². The van der Waals surface area contributed by atoms with E-state index in [9.17, 15) is 44.4 Å². The van der Waals surface area contributed by atoms with E-state index >= 15 is 0 Å². The van der Waals surface area contributed by atoms with E-state index in [4.69, 9.17) is 0 Å². The van der Waals surface area contributed by atoms with Gasteiger partial charge in [0.05, 0.1) is 6.54 Å². The average molecular weight is 595 g/mol. The summed E-state index contributed by atoms with van der Waals surface area (Å²) in [4.78, 5) is 61.0. The first-order valence-electron chi connectivity index (χ1n) is 14.3. The molecule has 0 aliphatic carbocycles. The second kappa shape index (κ2) is 18.2. The number of carbonyl (C=O) groups is 5. The molecule has 1 aromatic carbocycles. The van der Waals surface area contributed by atoms with E-state index in [2.05, 4.69) is 22.9 Å². The summed E-state index contributed by atoms with van der Waals surface area (Å²) in [5.74, 6) is -9.71. The molecule has 2 atom stereocenters. The molecule has 1 rings (SSSR count). The molecular weight excluding hydrogens is 548 g/mol. The highest BCUT2D eigenvalue weighted by Gasteiger charge is 2.37. The zero-order chi connectivity index (χ0) is 31.8. The summed E-state index contributed by atoms with van der Waals surface area (Å²) < 4.78 is 0. The number of aliphatic hydroxyl groups is 4. The third-order valence-electron chi connectivity index (χ3n) is 6.79. The molecule has 13 heteroatoms. The van der Waals surface area contributed by atoms with Crippen molar-refractivity contribution < 1.29 is 44.4 Å². The number of amides is 4. The van der Waals surface area contributed by atoms with E-state index in [1.807, 2.05) is 5.32 Å². The lowest BCUT2D eigenvalue weighted by molar-refractivity contribution is -0.226. The van der Waals surface area contributed by atoms with Gasteiger partial charge in [0.2, 0.25) is 35.3 Å². The van der Waals surface area contributed by atoms with Crippen molar-refractivity contribution in [3.8, 4) is 0 Å². The second-order valence-electron chi connectivity index (χ2n) is 10.5. The quantitative estimate of drug-likeness (QED) is 0.0737. The first-order chi connectivity index (χ1) is 19.7. The summed E-state index contributed by atoms with van der Waals surface area (Å²) in [6.07, 6.45) is 3.56. The Labute approximate surface area is 246 Å². The fourth-order valence-corrected chi connectivity index (χ4v) is 3.90. The Kier molecular flexibility index (Phi) is 15.9. The molecule has 0 fully saturated rings. The minimum absolute atomic E-state index is 0.0538. The maximum Gasteiger partial charge on any atom is 0.249 e. The number of carbonyl (C=O) groups excluding carboxylic acids is 5. The highest BCUT2D eigenvalue weighted by molar-refractivity contribution is 5.91. The summed E-state index contributed by atoms with van der Waals surface area (Å²) in [6.45, 7) is 3.82. The Bertz CT molecular complexity index is 1030. The van der Waals surface area contributed by atoms with Crippen LogP contribution < -0.4 is 21.3 Å². The van der Waals surface area contributed by atoms with Gasteiger partial charge in [0.25, 0.3) is 0 Å². The molecule has 13 nitrogen and oxygen atoms in total. The number of ketones is 1. The van der Waals surface area contributed by atoms with Gasteiger partial charge >= 0.3 is 0 Å². The number of nitrogens with one attached hydrogen (secondary N) is 4. The lowest BCUT2D eigenvalue weighted by Crippen LogP contribution is -2.57. The van der Waals surface area contributed by atoms with Crippen LogP contribution in [0.15, 0.2) is 30.3 Å². The van der Waals surface area contributed by atoms with Crippen LogP contribution in [0.5, 0.6) is 0 Å². The molecule has 0 saturated carbocycles. The van der Waals surface area contributed by atoms with Crippen molar-refractivity contribution in [1.29, 1.82) is 0 Å². The molecule has 1 aromatic rings. The monoisotopic (exact) mass is 594 g/mol. The molecule has 0 radical (unpaired) electrons. The Morgan fingerprint density at radius 3 is 2.14 bits per heavy atom. The summed E-state index contributed by atoms with van der Waals surface area (Å²) in [5.41, 5.74) is 0.746. The molecule has 236 valence electrons. The van der Waals surface area contributed by atoms with Crippen LogP contribution in [0.2, 0.25) is 0 Å². The lowest BCUT2D eigenvalue weighted by Gasteiger charge is -2.30. The molecule has 4 amide bonds. The molecule has 0 aliphatic heterocycles. The van der Waals surface area contributed by atoms with Gasteiger partial charge in [-0.1, -0.05) is 63.4 Å². The number of Topliss-reactive ketones (excluding diaryl/α,β-unsaturated/α-hetero) is 1. The largest absolute Gasteiger partial charge is 0.360 e. The van der Waals surface area contributed by atoms with Gasteiger partial charge in [-0.25, -0.2) is 0 Å². The maximum absolute atomic E-state index is 12.9. The van der Waals surface area contributed by atoms with Gasteiger partial charge in [-0.05, 0) is 18.4 Å². The average Bonchev–Trinajstić information content (AvgIpc) is 2.92. The van der Waals surface area contributed by atoms with Crippen LogP contribution in [0.1, 0.15) is 77.7 Å². The van der Waals surface area contributed by atoms with Crippen molar-refractivity contribution in [2.24, 2.45) is 5.92 Å². The van der Waals surface area contributed by atoms with E-state index in [0.717, 1.165) is 38.2 Å². The number of rotatable bonds is 20. The SMILES string of the molecule is CCCCCCC(=O)NCCC(=O)NC(Cc1ccccc1)C(=O)NCC(=O)NC(O)(O)C(C)CCC(O)(O)C(C)=O. The third kappa shape index (κ3) is 14.5. The summed E-state index contributed by atoms with van der Waals surface area (Å²) >= 11 is 0. The maximum atomic E-state index is 12.9. The van der Waals surface area contributed by atoms with Crippen molar-refractivity contribution in [3.05, 3.63) is 35.9 Å². The van der Waals surface area contributed by atoms with E-state index in [1.165, 1.54) is 6.92 Å². The van der Waals surface area contributed by atoms with Crippen LogP contribution in [0.3, 0.4) is 0 Å². The standard InChI is InChI=1S/C29H46N4O9/c1-4-5-6-10-13-24(35)30-17-15-25(36)32-23(18-22-11-8-7-9-12-22)27(38)31-19-26(37)33-29(41,42)20(2)14-16-28(39,40)21(3)34/h7-9,11-12,20,23,39-42H,4-6,10,13-19H2,1-3H3,(H,30,35)(H,31,38)(H,32,36)(H,33,37). The number of unbranched alkanes of at least 4 members (excludes halogenated alkanes) is 3. The van der Waals surface area contributed by atoms with Gasteiger partial charge in [-0.15, -0.1) is 0 Å². The minimum Gasteiger partial charge on any atom is -0.360 e. The normalized spacial score (nSPS) is 13.0. The molecule has 0 spiro atoms. The Morgan fingerprint density at radius 2 is 1.52 bits per heavy atom. The highest BCUT2D eigenvalue weighted by atomic mass is 16.5. The van der Waals surface area contributed by atoms with Crippen LogP contribution in [0.4, 0.5) is 0 Å². The third-order valence-corrected chi connectivity index (χ3v) is 6.79. The minimum atomic E-state index is -2.77. The summed E-state index contributed by atoms with van der Waals surface area (Å²) in [6, 6.07) is 7.82. The number of hydrogen-bond donors (Lipinski definition) is 8. The van der Waals surface area contributed by atoms with Crippen LogP contribution in [-0.4, -0.2) is 80.7 Å². The fourth-order valence-electron chi connectivity index (χ4n) is 3.90. The van der Waals surface area contributed by atoms with Gasteiger partial charge in [-0.3, -0.25) is 24.0 Å². The summed E-state index contributed by atoms with van der Waals surface area (Å²) in [5, 5.41) is 49.4. The van der Waals surface area contributed by atoms with Crippen molar-refractivity contribution >= 4 is 29.4 Å². The zero-order valence-electron chi connectivity index (χ0n) is 24.6. The van der Waals surface area contributed by atoms with Crippen molar-refractivity contribution in [2.75, 3.05) is 13.1 Å². The Hall–Kier alpha value is -3.39. The molecule has 2 unspecified atom stereocenters. The molecular formula is C29H46N4O9. The van der Waals surface area contributed by atoms with Crippen molar-refractivity contribution in [3.63, 3.8) is 0 Å². The first kappa shape index (κ1) is 36.6. The van der Waals surface area contributed by atoms with Gasteiger partial charge in [0.1, 0.15) is 6.04 Å². The second-order valence-corrected chi connectivity index (χ2v) is 10.5. The molecule has 0 aromatic heterocycles. The van der Waals surface area contributed by atoms with E-state index in [1.54, 1.807) is 30.3 Å². The lowest BCUT2D eigenvalue weighted by atomic mass is 9.96. The number of benzene rings is 1. The zero-order valence-corrected chi connectivity index (χ0v) is 24.6. The molecule has 0 aliphatic rings. The topological polar surface area (TPSA) is 214 Å².